The van der Waals surface area contributed by atoms with E-state index in [0.717, 1.165) is 27.9 Å². The molecule has 1 saturated heterocycles. The minimum absolute atomic E-state index is 0.0119. The second kappa shape index (κ2) is 7.71. The summed E-state index contributed by atoms with van der Waals surface area (Å²) in [5, 5.41) is 0.544. The van der Waals surface area contributed by atoms with Crippen molar-refractivity contribution in [3.8, 4) is 22.6 Å². The largest absolute Gasteiger partial charge is 0.493 e. The van der Waals surface area contributed by atoms with Gasteiger partial charge in [0.2, 0.25) is 0 Å². The first-order chi connectivity index (χ1) is 15.1. The van der Waals surface area contributed by atoms with Crippen LogP contribution in [0.5, 0.6) is 11.5 Å². The Balaban J connectivity index is 1.44. The molecule has 0 saturated carbocycles. The van der Waals surface area contributed by atoms with Crippen LogP contribution in [0.1, 0.15) is 11.1 Å². The van der Waals surface area contributed by atoms with Crippen LogP contribution in [0.4, 0.5) is 5.69 Å². The van der Waals surface area contributed by atoms with Gasteiger partial charge >= 0.3 is 0 Å². The number of ether oxygens (including phenoxy) is 2. The van der Waals surface area contributed by atoms with Crippen molar-refractivity contribution < 1.29 is 14.3 Å². The highest BCUT2D eigenvalue weighted by atomic mass is 32.1. The number of amides is 1. The van der Waals surface area contributed by atoms with Crippen molar-refractivity contribution in [2.45, 2.75) is 19.0 Å². The van der Waals surface area contributed by atoms with Gasteiger partial charge in [-0.25, -0.2) is 0 Å². The Morgan fingerprint density at radius 1 is 0.871 bits per heavy atom. The first-order valence-electron chi connectivity index (χ1n) is 10.1. The number of carbonyl (C=O) groups excluding carboxylic acids is 1. The molecule has 6 heteroatoms. The van der Waals surface area contributed by atoms with Crippen LogP contribution in [0.2, 0.25) is 0 Å². The Bertz CT molecular complexity index is 1110. The molecule has 2 aliphatic rings. The Morgan fingerprint density at radius 3 is 2.13 bits per heavy atom. The smallest absolute Gasteiger partial charge is 0.256 e. The van der Waals surface area contributed by atoms with E-state index in [4.69, 9.17) is 21.7 Å². The molecule has 5 rings (SSSR count). The quantitative estimate of drug-likeness (QED) is 0.573. The summed E-state index contributed by atoms with van der Waals surface area (Å²) in [4.78, 5) is 17.0. The van der Waals surface area contributed by atoms with Crippen LogP contribution in [0.15, 0.2) is 66.7 Å². The van der Waals surface area contributed by atoms with Gasteiger partial charge in [0.25, 0.3) is 5.91 Å². The Labute approximate surface area is 186 Å². The number of methoxy groups -OCH3 is 2. The van der Waals surface area contributed by atoms with Crippen molar-refractivity contribution in [1.82, 2.24) is 4.90 Å². The van der Waals surface area contributed by atoms with E-state index in [9.17, 15) is 4.79 Å². The van der Waals surface area contributed by atoms with E-state index < -0.39 is 0 Å². The lowest BCUT2D eigenvalue weighted by Crippen LogP contribution is -2.40. The molecule has 1 amide bonds. The minimum atomic E-state index is -0.299. The van der Waals surface area contributed by atoms with Crippen molar-refractivity contribution in [2.75, 3.05) is 19.1 Å². The standard InChI is InChI=1S/C25H22N2O3S/c1-29-22-13-18-12-21-24(28)27(25(31)26(21)15-19(18)14-23(22)30-2)20-10-8-17(9-11-20)16-6-4-3-5-7-16/h3-11,13-14,21H,12,15H2,1-2H3/t21-/m0/s1. The topological polar surface area (TPSA) is 42.0 Å². The molecule has 3 aromatic rings. The Morgan fingerprint density at radius 2 is 1.48 bits per heavy atom. The number of anilines is 1. The molecule has 3 aromatic carbocycles. The van der Waals surface area contributed by atoms with Gasteiger partial charge in [0.15, 0.2) is 16.6 Å². The Kier molecular flexibility index (Phi) is 4.87. The number of fused-ring (bicyclic) bond motifs is 2. The van der Waals surface area contributed by atoms with Crippen LogP contribution in [0, 0.1) is 0 Å². The van der Waals surface area contributed by atoms with Gasteiger partial charge in [-0.2, -0.15) is 0 Å². The first kappa shape index (κ1) is 19.6. The molecule has 156 valence electrons. The lowest BCUT2D eigenvalue weighted by Gasteiger charge is -2.31. The monoisotopic (exact) mass is 430 g/mol. The zero-order chi connectivity index (χ0) is 21.5. The lowest BCUT2D eigenvalue weighted by molar-refractivity contribution is -0.119. The summed E-state index contributed by atoms with van der Waals surface area (Å²) in [5.41, 5.74) is 5.23. The van der Waals surface area contributed by atoms with Crippen molar-refractivity contribution in [1.29, 1.82) is 0 Å². The maximum Gasteiger partial charge on any atom is 0.256 e. The summed E-state index contributed by atoms with van der Waals surface area (Å²) in [6.07, 6.45) is 0.591. The third-order valence-corrected chi connectivity index (χ3v) is 6.43. The molecule has 0 radical (unpaired) electrons. The molecule has 1 fully saturated rings. The predicted molar refractivity (Wildman–Crippen MR) is 125 cm³/mol. The maximum atomic E-state index is 13.3. The zero-order valence-corrected chi connectivity index (χ0v) is 18.2. The molecular formula is C25H22N2O3S. The highest BCUT2D eigenvalue weighted by molar-refractivity contribution is 7.80. The maximum absolute atomic E-state index is 13.3. The van der Waals surface area contributed by atoms with Gasteiger partial charge in [-0.15, -0.1) is 0 Å². The predicted octanol–water partition coefficient (Wildman–Crippen LogP) is 4.43. The van der Waals surface area contributed by atoms with Gasteiger partial charge in [0.05, 0.1) is 19.9 Å². The number of hydrogen-bond acceptors (Lipinski definition) is 4. The number of thiocarbonyl (C=S) groups is 1. The van der Waals surface area contributed by atoms with Crippen LogP contribution in [0.25, 0.3) is 11.1 Å². The normalized spacial score (nSPS) is 17.4. The van der Waals surface area contributed by atoms with Crippen molar-refractivity contribution in [3.05, 3.63) is 77.9 Å². The number of nitrogens with zero attached hydrogens (tertiary/aromatic N) is 2. The van der Waals surface area contributed by atoms with Crippen LogP contribution in [-0.4, -0.2) is 36.2 Å². The lowest BCUT2D eigenvalue weighted by atomic mass is 9.94. The molecule has 0 unspecified atom stereocenters. The fourth-order valence-electron chi connectivity index (χ4n) is 4.38. The summed E-state index contributed by atoms with van der Waals surface area (Å²) in [5.74, 6) is 1.37. The van der Waals surface area contributed by atoms with Crippen LogP contribution in [0.3, 0.4) is 0 Å². The highest BCUT2D eigenvalue weighted by Gasteiger charge is 2.45. The zero-order valence-electron chi connectivity index (χ0n) is 17.4. The van der Waals surface area contributed by atoms with Gasteiger partial charge in [-0.1, -0.05) is 42.5 Å². The molecule has 0 N–H and O–H groups in total. The van der Waals surface area contributed by atoms with E-state index in [2.05, 4.69) is 12.1 Å². The molecule has 1 atom stereocenters. The van der Waals surface area contributed by atoms with Crippen LogP contribution < -0.4 is 14.4 Å². The Hall–Kier alpha value is -3.38. The van der Waals surface area contributed by atoms with Crippen molar-refractivity contribution >= 4 is 28.9 Å². The third-order valence-electron chi connectivity index (χ3n) is 6.01. The summed E-state index contributed by atoms with van der Waals surface area (Å²) >= 11 is 5.74. The molecule has 31 heavy (non-hydrogen) atoms. The number of rotatable bonds is 4. The number of benzene rings is 3. The van der Waals surface area contributed by atoms with E-state index in [1.165, 1.54) is 0 Å². The minimum Gasteiger partial charge on any atom is -0.493 e. The average Bonchev–Trinajstić information content (AvgIpc) is 3.06. The molecule has 0 spiro atoms. The first-order valence-corrected chi connectivity index (χ1v) is 10.6. The average molecular weight is 431 g/mol. The number of carbonyl (C=O) groups is 1. The van der Waals surface area contributed by atoms with E-state index in [0.29, 0.717) is 29.6 Å². The van der Waals surface area contributed by atoms with Gasteiger partial charge in [-0.05, 0) is 58.7 Å². The number of hydrogen-bond donors (Lipinski definition) is 0. The van der Waals surface area contributed by atoms with Crippen LogP contribution >= 0.6 is 12.2 Å². The van der Waals surface area contributed by atoms with E-state index in [1.54, 1.807) is 19.1 Å². The molecule has 0 bridgehead atoms. The van der Waals surface area contributed by atoms with Crippen LogP contribution in [-0.2, 0) is 17.8 Å². The second-order valence-corrected chi connectivity index (χ2v) is 8.06. The van der Waals surface area contributed by atoms with Gasteiger partial charge in [-0.3, -0.25) is 9.69 Å². The fourth-order valence-corrected chi connectivity index (χ4v) is 4.76. The van der Waals surface area contributed by atoms with Crippen molar-refractivity contribution in [3.63, 3.8) is 0 Å². The second-order valence-electron chi connectivity index (χ2n) is 7.69. The fraction of sp³-hybridized carbons (Fsp3) is 0.200. The molecule has 5 nitrogen and oxygen atoms in total. The molecule has 0 aliphatic carbocycles. The molecule has 0 aromatic heterocycles. The highest BCUT2D eigenvalue weighted by Crippen LogP contribution is 2.38. The van der Waals surface area contributed by atoms with E-state index in [1.807, 2.05) is 59.5 Å². The summed E-state index contributed by atoms with van der Waals surface area (Å²) in [6, 6.07) is 21.8. The van der Waals surface area contributed by atoms with Gasteiger partial charge in [0.1, 0.15) is 6.04 Å². The SMILES string of the molecule is COc1cc2c(cc1OC)CN1C(=S)N(c3ccc(-c4ccccc4)cc3)C(=O)[C@@H]1C2. The summed E-state index contributed by atoms with van der Waals surface area (Å²) in [6.45, 7) is 0.573. The van der Waals surface area contributed by atoms with Crippen molar-refractivity contribution in [2.24, 2.45) is 0 Å². The molecule has 2 heterocycles. The van der Waals surface area contributed by atoms with Gasteiger partial charge in [0, 0.05) is 13.0 Å². The van der Waals surface area contributed by atoms with E-state index in [-0.39, 0.29) is 11.9 Å². The molecular weight excluding hydrogens is 408 g/mol. The summed E-state index contributed by atoms with van der Waals surface area (Å²) in [7, 11) is 3.25. The third kappa shape index (κ3) is 3.24. The van der Waals surface area contributed by atoms with Gasteiger partial charge < -0.3 is 14.4 Å². The van der Waals surface area contributed by atoms with E-state index >= 15 is 0 Å². The summed E-state index contributed by atoms with van der Waals surface area (Å²) < 4.78 is 10.9. The molecule has 2 aliphatic heterocycles.